The molecule has 2 aromatic carbocycles. The molecule has 0 saturated heterocycles. The van der Waals surface area contributed by atoms with Gasteiger partial charge in [0.05, 0.1) is 12.2 Å². The quantitative estimate of drug-likeness (QED) is 0.830. The first kappa shape index (κ1) is 17.3. The Kier molecular flexibility index (Phi) is 5.27. The number of hydrogen-bond donors (Lipinski definition) is 1. The van der Waals surface area contributed by atoms with Crippen LogP contribution in [0.4, 0.5) is 5.69 Å². The van der Waals surface area contributed by atoms with Crippen molar-refractivity contribution >= 4 is 11.6 Å². The van der Waals surface area contributed by atoms with Crippen molar-refractivity contribution in [3.63, 3.8) is 0 Å². The molecule has 0 bridgehead atoms. The van der Waals surface area contributed by atoms with Crippen LogP contribution in [0.3, 0.4) is 0 Å². The fourth-order valence-corrected chi connectivity index (χ4v) is 3.11. The van der Waals surface area contributed by atoms with Crippen LogP contribution in [0.25, 0.3) is 0 Å². The summed E-state index contributed by atoms with van der Waals surface area (Å²) in [5.74, 6) is 1.49. The normalized spacial score (nSPS) is 16.6. The molecule has 1 heterocycles. The molecule has 132 valence electrons. The van der Waals surface area contributed by atoms with Gasteiger partial charge in [-0.15, -0.1) is 0 Å². The largest absolute Gasteiger partial charge is 0.493 e. The van der Waals surface area contributed by atoms with Gasteiger partial charge < -0.3 is 15.0 Å². The number of rotatable bonds is 6. The van der Waals surface area contributed by atoms with Crippen molar-refractivity contribution in [1.82, 2.24) is 4.90 Å². The van der Waals surface area contributed by atoms with Crippen molar-refractivity contribution in [2.24, 2.45) is 5.92 Å². The topological polar surface area (TPSA) is 41.6 Å². The van der Waals surface area contributed by atoms with Crippen LogP contribution < -0.4 is 10.1 Å². The highest BCUT2D eigenvalue weighted by Gasteiger charge is 2.33. The van der Waals surface area contributed by atoms with Gasteiger partial charge in [-0.3, -0.25) is 4.79 Å². The molecule has 0 spiro atoms. The molecule has 1 N–H and O–H groups in total. The number of nitrogens with zero attached hydrogens (tertiary/aromatic N) is 1. The molecule has 0 saturated carbocycles. The van der Waals surface area contributed by atoms with E-state index in [9.17, 15) is 4.79 Å². The molecule has 4 heteroatoms. The summed E-state index contributed by atoms with van der Waals surface area (Å²) in [5, 5.41) is 3.51. The van der Waals surface area contributed by atoms with E-state index >= 15 is 0 Å². The Morgan fingerprint density at radius 1 is 1.12 bits per heavy atom. The lowest BCUT2D eigenvalue weighted by molar-refractivity contribution is 0.0692. The van der Waals surface area contributed by atoms with E-state index in [1.54, 1.807) is 0 Å². The van der Waals surface area contributed by atoms with Crippen molar-refractivity contribution in [2.75, 3.05) is 18.5 Å². The number of fused-ring (bicyclic) bond motifs is 1. The van der Waals surface area contributed by atoms with Crippen LogP contribution in [0.1, 0.15) is 49.3 Å². The zero-order chi connectivity index (χ0) is 17.8. The predicted octanol–water partition coefficient (Wildman–Crippen LogP) is 4.70. The number of benzene rings is 2. The van der Waals surface area contributed by atoms with E-state index in [-0.39, 0.29) is 12.1 Å². The number of carbonyl (C=O) groups excluding carboxylic acids is 1. The van der Waals surface area contributed by atoms with Crippen LogP contribution in [0.15, 0.2) is 48.5 Å². The second-order valence-corrected chi connectivity index (χ2v) is 6.75. The minimum Gasteiger partial charge on any atom is -0.493 e. The lowest BCUT2D eigenvalue weighted by atomic mass is 10.0. The summed E-state index contributed by atoms with van der Waals surface area (Å²) in [4.78, 5) is 14.7. The van der Waals surface area contributed by atoms with E-state index in [1.165, 1.54) is 0 Å². The third-order valence-electron chi connectivity index (χ3n) is 4.53. The number of nitrogens with one attached hydrogen (secondary N) is 1. The Morgan fingerprint density at radius 2 is 1.84 bits per heavy atom. The maximum atomic E-state index is 12.9. The van der Waals surface area contributed by atoms with Gasteiger partial charge >= 0.3 is 0 Å². The molecule has 2 aromatic rings. The minimum atomic E-state index is -0.220. The Labute approximate surface area is 149 Å². The molecular weight excluding hydrogens is 312 g/mol. The number of anilines is 1. The molecule has 0 fully saturated rings. The third-order valence-corrected chi connectivity index (χ3v) is 4.53. The van der Waals surface area contributed by atoms with Gasteiger partial charge in [-0.1, -0.05) is 44.2 Å². The molecular formula is C21H26N2O2. The SMILES string of the molecule is CCN1C(=O)c2ccccc2NC1c1ccccc1OCCC(C)C. The molecule has 1 aliphatic rings. The highest BCUT2D eigenvalue weighted by Crippen LogP contribution is 2.36. The smallest absolute Gasteiger partial charge is 0.257 e. The average molecular weight is 338 g/mol. The Bertz CT molecular complexity index is 742. The van der Waals surface area contributed by atoms with E-state index in [0.29, 0.717) is 19.1 Å². The molecule has 3 rings (SSSR count). The monoisotopic (exact) mass is 338 g/mol. The molecule has 25 heavy (non-hydrogen) atoms. The number of amides is 1. The second-order valence-electron chi connectivity index (χ2n) is 6.75. The summed E-state index contributed by atoms with van der Waals surface area (Å²) >= 11 is 0. The average Bonchev–Trinajstić information content (AvgIpc) is 2.62. The van der Waals surface area contributed by atoms with E-state index < -0.39 is 0 Å². The second kappa shape index (κ2) is 7.60. The van der Waals surface area contributed by atoms with Crippen molar-refractivity contribution in [2.45, 2.75) is 33.4 Å². The van der Waals surface area contributed by atoms with Crippen LogP contribution in [0.2, 0.25) is 0 Å². The summed E-state index contributed by atoms with van der Waals surface area (Å²) in [5.41, 5.74) is 2.59. The van der Waals surface area contributed by atoms with Gasteiger partial charge in [0, 0.05) is 17.8 Å². The zero-order valence-corrected chi connectivity index (χ0v) is 15.2. The van der Waals surface area contributed by atoms with E-state index in [4.69, 9.17) is 4.74 Å². The molecule has 0 aliphatic carbocycles. The molecule has 0 radical (unpaired) electrons. The standard InChI is InChI=1S/C21H26N2O2/c1-4-23-20(22-18-11-7-5-9-16(18)21(23)24)17-10-6-8-12-19(17)25-14-13-15(2)3/h5-12,15,20,22H,4,13-14H2,1-3H3. The maximum absolute atomic E-state index is 12.9. The highest BCUT2D eigenvalue weighted by atomic mass is 16.5. The molecule has 1 aliphatic heterocycles. The molecule has 4 nitrogen and oxygen atoms in total. The summed E-state index contributed by atoms with van der Waals surface area (Å²) in [6, 6.07) is 15.7. The van der Waals surface area contributed by atoms with Gasteiger partial charge in [0.25, 0.3) is 5.91 Å². The van der Waals surface area contributed by atoms with Gasteiger partial charge in [-0.2, -0.15) is 0 Å². The number of carbonyl (C=O) groups is 1. The van der Waals surface area contributed by atoms with Crippen LogP contribution in [-0.2, 0) is 0 Å². The Morgan fingerprint density at radius 3 is 2.60 bits per heavy atom. The fraction of sp³-hybridized carbons (Fsp3) is 0.381. The third kappa shape index (κ3) is 3.63. The van der Waals surface area contributed by atoms with E-state index in [1.807, 2.05) is 60.4 Å². The fourth-order valence-electron chi connectivity index (χ4n) is 3.11. The number of ether oxygens (including phenoxy) is 1. The van der Waals surface area contributed by atoms with E-state index in [2.05, 4.69) is 19.2 Å². The lowest BCUT2D eigenvalue weighted by Crippen LogP contribution is -2.42. The summed E-state index contributed by atoms with van der Waals surface area (Å²) in [6.45, 7) is 7.69. The van der Waals surface area contributed by atoms with Gasteiger partial charge in [-0.05, 0) is 37.5 Å². The number of para-hydroxylation sites is 2. The first-order chi connectivity index (χ1) is 12.1. The number of hydrogen-bond acceptors (Lipinski definition) is 3. The van der Waals surface area contributed by atoms with Crippen LogP contribution in [0, 0.1) is 5.92 Å². The molecule has 1 amide bonds. The van der Waals surface area contributed by atoms with Crippen LogP contribution in [0.5, 0.6) is 5.75 Å². The maximum Gasteiger partial charge on any atom is 0.257 e. The van der Waals surface area contributed by atoms with Crippen molar-refractivity contribution in [3.05, 3.63) is 59.7 Å². The van der Waals surface area contributed by atoms with Gasteiger partial charge in [0.15, 0.2) is 0 Å². The molecule has 0 aromatic heterocycles. The first-order valence-electron chi connectivity index (χ1n) is 9.00. The summed E-state index contributed by atoms with van der Waals surface area (Å²) < 4.78 is 6.04. The summed E-state index contributed by atoms with van der Waals surface area (Å²) in [7, 11) is 0. The molecule has 1 atom stereocenters. The van der Waals surface area contributed by atoms with Crippen LogP contribution >= 0.6 is 0 Å². The van der Waals surface area contributed by atoms with Crippen molar-refractivity contribution in [3.8, 4) is 5.75 Å². The highest BCUT2D eigenvalue weighted by molar-refractivity contribution is 6.01. The summed E-state index contributed by atoms with van der Waals surface area (Å²) in [6.07, 6.45) is 0.786. The Hall–Kier alpha value is -2.49. The molecule has 1 unspecified atom stereocenters. The zero-order valence-electron chi connectivity index (χ0n) is 15.2. The van der Waals surface area contributed by atoms with E-state index in [0.717, 1.165) is 29.0 Å². The van der Waals surface area contributed by atoms with Crippen LogP contribution in [-0.4, -0.2) is 24.0 Å². The minimum absolute atomic E-state index is 0.0545. The van der Waals surface area contributed by atoms with Gasteiger partial charge in [0.1, 0.15) is 11.9 Å². The van der Waals surface area contributed by atoms with Gasteiger partial charge in [0.2, 0.25) is 0 Å². The Balaban J connectivity index is 1.91. The van der Waals surface area contributed by atoms with Crippen molar-refractivity contribution in [1.29, 1.82) is 0 Å². The van der Waals surface area contributed by atoms with Gasteiger partial charge in [-0.25, -0.2) is 0 Å². The van der Waals surface area contributed by atoms with Crippen molar-refractivity contribution < 1.29 is 9.53 Å². The lowest BCUT2D eigenvalue weighted by Gasteiger charge is -2.38. The predicted molar refractivity (Wildman–Crippen MR) is 101 cm³/mol. The first-order valence-corrected chi connectivity index (χ1v) is 9.00.